The quantitative estimate of drug-likeness (QED) is 0.451. The second-order valence-electron chi connectivity index (χ2n) is 2.46. The number of hydrogen-bond acceptors (Lipinski definition) is 2. The van der Waals surface area contributed by atoms with Crippen LogP contribution in [0.5, 0.6) is 0 Å². The van der Waals surface area contributed by atoms with Gasteiger partial charge in [0.25, 0.3) is 0 Å². The van der Waals surface area contributed by atoms with Gasteiger partial charge in [0.15, 0.2) is 6.29 Å². The summed E-state index contributed by atoms with van der Waals surface area (Å²) in [6.45, 7) is 5.59. The zero-order valence-corrected chi connectivity index (χ0v) is 6.45. The van der Waals surface area contributed by atoms with Crippen molar-refractivity contribution in [2.45, 2.75) is 32.5 Å². The Morgan fingerprint density at radius 3 is 2.40 bits per heavy atom. The maximum atomic E-state index is 8.72. The summed E-state index contributed by atoms with van der Waals surface area (Å²) >= 11 is 0. The molecule has 0 radical (unpaired) electrons. The van der Waals surface area contributed by atoms with Crippen LogP contribution in [0, 0.1) is 5.92 Å². The fourth-order valence-corrected chi connectivity index (χ4v) is 0.828. The highest BCUT2D eigenvalue weighted by molar-refractivity contribution is 4.79. The molecule has 1 unspecified atom stereocenters. The van der Waals surface area contributed by atoms with Gasteiger partial charge in [0.2, 0.25) is 0 Å². The number of rotatable bonds is 5. The molecule has 2 nitrogen and oxygen atoms in total. The van der Waals surface area contributed by atoms with Gasteiger partial charge in [0.05, 0.1) is 0 Å². The van der Waals surface area contributed by atoms with Gasteiger partial charge in [0.1, 0.15) is 0 Å². The van der Waals surface area contributed by atoms with Gasteiger partial charge in [-0.05, 0) is 6.42 Å². The zero-order chi connectivity index (χ0) is 7.98. The van der Waals surface area contributed by atoms with Gasteiger partial charge in [-0.25, -0.2) is 0 Å². The van der Waals surface area contributed by atoms with Gasteiger partial charge < -0.3 is 10.2 Å². The third-order valence-corrected chi connectivity index (χ3v) is 1.58. The molecule has 0 saturated carbocycles. The monoisotopic (exact) mass is 144 g/mol. The molecular formula is C8H16O2. The fraction of sp³-hybridized carbons (Fsp3) is 0.750. The van der Waals surface area contributed by atoms with Crippen molar-refractivity contribution in [2.75, 3.05) is 0 Å². The lowest BCUT2D eigenvalue weighted by molar-refractivity contribution is -0.0720. The van der Waals surface area contributed by atoms with Crippen molar-refractivity contribution >= 4 is 0 Å². The molecular weight excluding hydrogens is 128 g/mol. The van der Waals surface area contributed by atoms with Crippen molar-refractivity contribution < 1.29 is 10.2 Å². The van der Waals surface area contributed by atoms with Crippen molar-refractivity contribution in [2.24, 2.45) is 5.92 Å². The SMILES string of the molecule is C=CC(CCCC)C(O)O. The summed E-state index contributed by atoms with van der Waals surface area (Å²) in [6.07, 6.45) is 3.28. The normalized spacial score (nSPS) is 13.6. The van der Waals surface area contributed by atoms with Crippen molar-refractivity contribution in [1.82, 2.24) is 0 Å². The molecule has 0 aliphatic heterocycles. The van der Waals surface area contributed by atoms with E-state index in [1.165, 1.54) is 0 Å². The Morgan fingerprint density at radius 1 is 1.50 bits per heavy atom. The topological polar surface area (TPSA) is 40.5 Å². The molecule has 0 aromatic carbocycles. The zero-order valence-electron chi connectivity index (χ0n) is 6.45. The van der Waals surface area contributed by atoms with E-state index >= 15 is 0 Å². The molecule has 0 aliphatic rings. The second-order valence-corrected chi connectivity index (χ2v) is 2.46. The minimum absolute atomic E-state index is 0.153. The molecule has 60 valence electrons. The van der Waals surface area contributed by atoms with Crippen LogP contribution in [0.15, 0.2) is 12.7 Å². The molecule has 0 aromatic rings. The molecule has 0 spiro atoms. The fourth-order valence-electron chi connectivity index (χ4n) is 0.828. The van der Waals surface area contributed by atoms with Gasteiger partial charge in [-0.3, -0.25) is 0 Å². The van der Waals surface area contributed by atoms with E-state index in [4.69, 9.17) is 10.2 Å². The molecule has 0 heterocycles. The minimum Gasteiger partial charge on any atom is -0.368 e. The largest absolute Gasteiger partial charge is 0.368 e. The summed E-state index contributed by atoms with van der Waals surface area (Å²) < 4.78 is 0. The second kappa shape index (κ2) is 5.45. The molecule has 0 fully saturated rings. The molecule has 2 N–H and O–H groups in total. The van der Waals surface area contributed by atoms with Crippen molar-refractivity contribution in [3.8, 4) is 0 Å². The van der Waals surface area contributed by atoms with Crippen LogP contribution in [0.1, 0.15) is 26.2 Å². The van der Waals surface area contributed by atoms with Crippen LogP contribution < -0.4 is 0 Å². The van der Waals surface area contributed by atoms with E-state index in [1.54, 1.807) is 6.08 Å². The Morgan fingerprint density at radius 2 is 2.10 bits per heavy atom. The van der Waals surface area contributed by atoms with Crippen LogP contribution in [-0.2, 0) is 0 Å². The van der Waals surface area contributed by atoms with Crippen LogP contribution in [-0.4, -0.2) is 16.5 Å². The van der Waals surface area contributed by atoms with E-state index in [0.717, 1.165) is 19.3 Å². The number of unbranched alkanes of at least 4 members (excludes halogenated alkanes) is 1. The Balaban J connectivity index is 3.50. The predicted octanol–water partition coefficient (Wildman–Crippen LogP) is 1.29. The highest BCUT2D eigenvalue weighted by atomic mass is 16.5. The van der Waals surface area contributed by atoms with E-state index < -0.39 is 6.29 Å². The Kier molecular flexibility index (Phi) is 5.26. The van der Waals surface area contributed by atoms with E-state index in [9.17, 15) is 0 Å². The van der Waals surface area contributed by atoms with Gasteiger partial charge in [0, 0.05) is 5.92 Å². The lowest BCUT2D eigenvalue weighted by atomic mass is 10.0. The van der Waals surface area contributed by atoms with Crippen LogP contribution in [0.4, 0.5) is 0 Å². The van der Waals surface area contributed by atoms with Crippen molar-refractivity contribution in [3.63, 3.8) is 0 Å². The van der Waals surface area contributed by atoms with Crippen LogP contribution in [0.2, 0.25) is 0 Å². The number of hydrogen-bond donors (Lipinski definition) is 2. The molecule has 1 atom stereocenters. The van der Waals surface area contributed by atoms with Gasteiger partial charge in [-0.1, -0.05) is 25.8 Å². The molecule has 10 heavy (non-hydrogen) atoms. The molecule has 0 rings (SSSR count). The summed E-state index contributed by atoms with van der Waals surface area (Å²) in [5.74, 6) is -0.153. The summed E-state index contributed by atoms with van der Waals surface area (Å²) in [6, 6.07) is 0. The van der Waals surface area contributed by atoms with E-state index in [2.05, 4.69) is 13.5 Å². The van der Waals surface area contributed by atoms with E-state index in [0.29, 0.717) is 0 Å². The van der Waals surface area contributed by atoms with Gasteiger partial charge >= 0.3 is 0 Å². The molecule has 0 aliphatic carbocycles. The van der Waals surface area contributed by atoms with Gasteiger partial charge in [-0.15, -0.1) is 6.58 Å². The van der Waals surface area contributed by atoms with Crippen molar-refractivity contribution in [1.29, 1.82) is 0 Å². The van der Waals surface area contributed by atoms with Gasteiger partial charge in [-0.2, -0.15) is 0 Å². The molecule has 0 aromatic heterocycles. The van der Waals surface area contributed by atoms with Crippen LogP contribution >= 0.6 is 0 Å². The minimum atomic E-state index is -1.23. The average molecular weight is 144 g/mol. The highest BCUT2D eigenvalue weighted by Crippen LogP contribution is 2.11. The first-order chi connectivity index (χ1) is 4.72. The summed E-state index contributed by atoms with van der Waals surface area (Å²) in [5, 5.41) is 17.4. The molecule has 2 heteroatoms. The average Bonchev–Trinajstić information content (AvgIpc) is 1.89. The molecule has 0 saturated heterocycles. The van der Waals surface area contributed by atoms with Crippen LogP contribution in [0.3, 0.4) is 0 Å². The number of aliphatic hydroxyl groups excluding tert-OH is 1. The summed E-state index contributed by atoms with van der Waals surface area (Å²) in [5.41, 5.74) is 0. The third-order valence-electron chi connectivity index (χ3n) is 1.58. The first-order valence-electron chi connectivity index (χ1n) is 3.71. The molecule has 0 bridgehead atoms. The Bertz CT molecular complexity index is 89.3. The lowest BCUT2D eigenvalue weighted by Crippen LogP contribution is -2.16. The van der Waals surface area contributed by atoms with E-state index in [-0.39, 0.29) is 5.92 Å². The standard InChI is InChI=1S/C8H16O2/c1-3-5-6-7(4-2)8(9)10/h4,7-10H,2-3,5-6H2,1H3. The summed E-state index contributed by atoms with van der Waals surface area (Å²) in [4.78, 5) is 0. The maximum absolute atomic E-state index is 8.72. The van der Waals surface area contributed by atoms with Crippen molar-refractivity contribution in [3.05, 3.63) is 12.7 Å². The predicted molar refractivity (Wildman–Crippen MR) is 41.4 cm³/mol. The molecule has 0 amide bonds. The Labute approximate surface area is 62.2 Å². The highest BCUT2D eigenvalue weighted by Gasteiger charge is 2.10. The first-order valence-corrected chi connectivity index (χ1v) is 3.71. The van der Waals surface area contributed by atoms with Crippen LogP contribution in [0.25, 0.3) is 0 Å². The number of aliphatic hydroxyl groups is 2. The smallest absolute Gasteiger partial charge is 0.157 e. The Hall–Kier alpha value is -0.340. The summed E-state index contributed by atoms with van der Waals surface area (Å²) in [7, 11) is 0. The lowest BCUT2D eigenvalue weighted by Gasteiger charge is -2.12. The third kappa shape index (κ3) is 3.64. The first kappa shape index (κ1) is 9.66. The maximum Gasteiger partial charge on any atom is 0.157 e. The van der Waals surface area contributed by atoms with E-state index in [1.807, 2.05) is 0 Å².